The second-order valence-electron chi connectivity index (χ2n) is 8.53. The lowest BCUT2D eigenvalue weighted by Gasteiger charge is -2.25. The molecule has 0 saturated carbocycles. The van der Waals surface area contributed by atoms with Crippen molar-refractivity contribution >= 4 is 23.2 Å². The first-order valence-electron chi connectivity index (χ1n) is 10.2. The van der Waals surface area contributed by atoms with Crippen molar-refractivity contribution in [2.45, 2.75) is 34.6 Å². The minimum atomic E-state index is -0.460. The molecule has 7 heteroatoms. The molecule has 0 aliphatic heterocycles. The second kappa shape index (κ2) is 11.1. The van der Waals surface area contributed by atoms with Crippen LogP contribution in [-0.2, 0) is 9.59 Å². The number of carbonyl (C=O) groups excluding carboxylic acids is 2. The van der Waals surface area contributed by atoms with E-state index >= 15 is 0 Å². The molecule has 0 aliphatic rings. The molecule has 0 heterocycles. The number of para-hydroxylation sites is 1. The minimum Gasteiger partial charge on any atom is -0.325 e. The number of quaternary nitrogens is 1. The summed E-state index contributed by atoms with van der Waals surface area (Å²) in [6, 6.07) is 5.94. The molecule has 0 aliphatic carbocycles. The number of carbonyl (C=O) groups is 2. The lowest BCUT2D eigenvalue weighted by atomic mass is 10.0. The maximum Gasteiger partial charge on any atom is 0.295 e. The zero-order chi connectivity index (χ0) is 22.2. The second-order valence-corrected chi connectivity index (χ2v) is 8.53. The van der Waals surface area contributed by atoms with Gasteiger partial charge in [0.1, 0.15) is 0 Å². The van der Waals surface area contributed by atoms with Crippen molar-refractivity contribution in [1.29, 1.82) is 0 Å². The molecule has 0 aromatic heterocycles. The highest BCUT2D eigenvalue weighted by molar-refractivity contribution is 6.09. The van der Waals surface area contributed by atoms with Crippen LogP contribution in [0, 0.1) is 19.8 Å². The van der Waals surface area contributed by atoms with Crippen molar-refractivity contribution in [1.82, 2.24) is 10.3 Å². The predicted molar refractivity (Wildman–Crippen MR) is 120 cm³/mol. The number of hydrogen-bond donors (Lipinski definition) is 2. The van der Waals surface area contributed by atoms with Crippen LogP contribution in [0.3, 0.4) is 0 Å². The quantitative estimate of drug-likeness (QED) is 0.357. The zero-order valence-corrected chi connectivity index (χ0v) is 19.3. The molecular formula is C22H38N5O2+. The monoisotopic (exact) mass is 404 g/mol. The summed E-state index contributed by atoms with van der Waals surface area (Å²) in [7, 11) is 5.83. The van der Waals surface area contributed by atoms with Crippen LogP contribution in [0.15, 0.2) is 23.3 Å². The average Bonchev–Trinajstić information content (AvgIpc) is 2.62. The first-order valence-corrected chi connectivity index (χ1v) is 10.2. The van der Waals surface area contributed by atoms with Gasteiger partial charge in [0.15, 0.2) is 6.54 Å². The Morgan fingerprint density at radius 3 is 2.14 bits per heavy atom. The van der Waals surface area contributed by atoms with E-state index < -0.39 is 5.92 Å². The van der Waals surface area contributed by atoms with Crippen LogP contribution in [0.1, 0.15) is 31.9 Å². The maximum atomic E-state index is 13.2. The largest absolute Gasteiger partial charge is 0.325 e. The van der Waals surface area contributed by atoms with Gasteiger partial charge in [0.05, 0.1) is 27.1 Å². The third-order valence-electron chi connectivity index (χ3n) is 4.86. The Kier molecular flexibility index (Phi) is 9.46. The Balaban J connectivity index is 3.04. The Bertz CT molecular complexity index is 713. The van der Waals surface area contributed by atoms with E-state index in [-0.39, 0.29) is 11.8 Å². The highest BCUT2D eigenvalue weighted by atomic mass is 16.2. The van der Waals surface area contributed by atoms with Gasteiger partial charge in [-0.1, -0.05) is 32.0 Å². The average molecular weight is 405 g/mol. The molecule has 0 spiro atoms. The number of likely N-dealkylation sites (N-methyl/N-ethyl adjacent to an activating group) is 1. The lowest BCUT2D eigenvalue weighted by molar-refractivity contribution is -0.862. The number of hydrogen-bond acceptors (Lipinski definition) is 4. The standard InChI is InChI=1S/C22H37N5O2/c1-9-26(10-2)14-19(18(5)24-25-20(28)15-27(6,7)8)22(29)23-21-16(3)12-11-13-17(21)4/h11-13,19H,9-10,14-15H2,1-8H3,(H-,23,25,28,29)/p+1/b24-18-. The smallest absolute Gasteiger partial charge is 0.295 e. The van der Waals surface area contributed by atoms with Gasteiger partial charge in [-0.2, -0.15) is 5.10 Å². The van der Waals surface area contributed by atoms with E-state index in [2.05, 4.69) is 34.6 Å². The fourth-order valence-corrected chi connectivity index (χ4v) is 3.06. The van der Waals surface area contributed by atoms with E-state index in [1.807, 2.05) is 53.2 Å². The molecule has 1 rings (SSSR count). The first kappa shape index (κ1) is 24.8. The maximum absolute atomic E-state index is 13.2. The molecule has 0 bridgehead atoms. The third-order valence-corrected chi connectivity index (χ3v) is 4.86. The Morgan fingerprint density at radius 2 is 1.66 bits per heavy atom. The van der Waals surface area contributed by atoms with Crippen LogP contribution in [0.2, 0.25) is 0 Å². The molecule has 0 saturated heterocycles. The summed E-state index contributed by atoms with van der Waals surface area (Å²) in [4.78, 5) is 27.5. The number of hydrazone groups is 1. The number of amides is 2. The van der Waals surface area contributed by atoms with E-state index in [1.165, 1.54) is 0 Å². The van der Waals surface area contributed by atoms with Crippen molar-refractivity contribution in [3.63, 3.8) is 0 Å². The van der Waals surface area contributed by atoms with Crippen molar-refractivity contribution < 1.29 is 14.1 Å². The summed E-state index contributed by atoms with van der Waals surface area (Å²) in [5.74, 6) is -0.747. The summed E-state index contributed by atoms with van der Waals surface area (Å²) >= 11 is 0. The van der Waals surface area contributed by atoms with Crippen LogP contribution < -0.4 is 10.7 Å². The Hall–Kier alpha value is -2.25. The van der Waals surface area contributed by atoms with Crippen molar-refractivity contribution in [2.24, 2.45) is 11.0 Å². The van der Waals surface area contributed by atoms with Crippen LogP contribution >= 0.6 is 0 Å². The number of benzene rings is 1. The zero-order valence-electron chi connectivity index (χ0n) is 19.3. The summed E-state index contributed by atoms with van der Waals surface area (Å²) in [5, 5.41) is 7.33. The van der Waals surface area contributed by atoms with Crippen LogP contribution in [0.4, 0.5) is 5.69 Å². The van der Waals surface area contributed by atoms with Gasteiger partial charge in [0, 0.05) is 17.9 Å². The number of rotatable bonds is 10. The summed E-state index contributed by atoms with van der Waals surface area (Å²) in [5.41, 5.74) is 6.07. The van der Waals surface area contributed by atoms with Crippen molar-refractivity contribution in [3.8, 4) is 0 Å². The van der Waals surface area contributed by atoms with Gasteiger partial charge in [-0.3, -0.25) is 9.59 Å². The fraction of sp³-hybridized carbons (Fsp3) is 0.591. The molecule has 1 unspecified atom stereocenters. The highest BCUT2D eigenvalue weighted by Gasteiger charge is 2.25. The SMILES string of the molecule is CCN(CC)CC(C(=O)Nc1c(C)cccc1C)/C(C)=N\NC(=O)C[N+](C)(C)C. The van der Waals surface area contributed by atoms with Gasteiger partial charge in [0.2, 0.25) is 5.91 Å². The number of anilines is 1. The molecular weight excluding hydrogens is 366 g/mol. The topological polar surface area (TPSA) is 73.8 Å². The predicted octanol–water partition coefficient (Wildman–Crippen LogP) is 2.40. The first-order chi connectivity index (χ1) is 13.5. The van der Waals surface area contributed by atoms with Gasteiger partial charge in [-0.15, -0.1) is 0 Å². The van der Waals surface area contributed by atoms with Gasteiger partial charge in [-0.05, 0) is 45.0 Å². The van der Waals surface area contributed by atoms with Crippen molar-refractivity contribution in [3.05, 3.63) is 29.3 Å². The molecule has 2 amide bonds. The van der Waals surface area contributed by atoms with E-state index in [1.54, 1.807) is 6.92 Å². The normalized spacial score (nSPS) is 13.3. The van der Waals surface area contributed by atoms with E-state index in [4.69, 9.17) is 0 Å². The van der Waals surface area contributed by atoms with Crippen LogP contribution in [-0.4, -0.2) is 74.2 Å². The minimum absolute atomic E-state index is 0.114. The molecule has 1 aromatic carbocycles. The van der Waals surface area contributed by atoms with Gasteiger partial charge in [-0.25, -0.2) is 5.43 Å². The summed E-state index contributed by atoms with van der Waals surface area (Å²) < 4.78 is 0.510. The fourth-order valence-electron chi connectivity index (χ4n) is 3.06. The molecule has 0 fully saturated rings. The Labute approximate surface area is 175 Å². The third kappa shape index (κ3) is 8.33. The highest BCUT2D eigenvalue weighted by Crippen LogP contribution is 2.20. The molecule has 0 radical (unpaired) electrons. The van der Waals surface area contributed by atoms with E-state index in [0.717, 1.165) is 29.9 Å². The molecule has 1 aromatic rings. The summed E-state index contributed by atoms with van der Waals surface area (Å²) in [6.07, 6.45) is 0. The van der Waals surface area contributed by atoms with E-state index in [9.17, 15) is 9.59 Å². The molecule has 1 atom stereocenters. The number of aryl methyl sites for hydroxylation is 2. The molecule has 2 N–H and O–H groups in total. The lowest BCUT2D eigenvalue weighted by Crippen LogP contribution is -2.44. The van der Waals surface area contributed by atoms with Gasteiger partial charge < -0.3 is 14.7 Å². The summed E-state index contributed by atoms with van der Waals surface area (Å²) in [6.45, 7) is 12.4. The van der Waals surface area contributed by atoms with Gasteiger partial charge >= 0.3 is 0 Å². The van der Waals surface area contributed by atoms with Crippen molar-refractivity contribution in [2.75, 3.05) is 52.6 Å². The van der Waals surface area contributed by atoms with E-state index in [0.29, 0.717) is 23.3 Å². The molecule has 29 heavy (non-hydrogen) atoms. The van der Waals surface area contributed by atoms with Crippen LogP contribution in [0.5, 0.6) is 0 Å². The van der Waals surface area contributed by atoms with Gasteiger partial charge in [0.25, 0.3) is 5.91 Å². The van der Waals surface area contributed by atoms with Crippen LogP contribution in [0.25, 0.3) is 0 Å². The number of nitrogens with zero attached hydrogens (tertiary/aromatic N) is 3. The Morgan fingerprint density at radius 1 is 1.10 bits per heavy atom. The number of nitrogens with one attached hydrogen (secondary N) is 2. The molecule has 7 nitrogen and oxygen atoms in total. The molecule has 162 valence electrons.